The number of hydrogen-bond donors (Lipinski definition) is 2. The largest absolute Gasteiger partial charge is 0.451 e. The fourth-order valence-corrected chi connectivity index (χ4v) is 6.00. The normalized spacial score (nSPS) is 17.8. The van der Waals surface area contributed by atoms with Gasteiger partial charge in [-0.25, -0.2) is 13.2 Å². The first-order valence-corrected chi connectivity index (χ1v) is 14.8. The quantitative estimate of drug-likeness (QED) is 0.256. The van der Waals surface area contributed by atoms with E-state index >= 15 is 0 Å². The van der Waals surface area contributed by atoms with Crippen molar-refractivity contribution in [2.75, 3.05) is 13.1 Å². The molecule has 2 aliphatic rings. The van der Waals surface area contributed by atoms with E-state index in [0.29, 0.717) is 43.6 Å². The molecule has 3 atom stereocenters. The number of nitrogens with two attached hydrogens (primary N) is 1. The van der Waals surface area contributed by atoms with Crippen LogP contribution in [0.25, 0.3) is 0 Å². The number of alkyl halides is 3. The lowest BCUT2D eigenvalue weighted by Gasteiger charge is -2.33. The first-order chi connectivity index (χ1) is 21.8. The lowest BCUT2D eigenvalue weighted by Crippen LogP contribution is -2.50. The minimum absolute atomic E-state index is 0.0422. The molecule has 0 radical (unpaired) electrons. The monoisotopic (exact) mass is 649 g/mol. The summed E-state index contributed by atoms with van der Waals surface area (Å²) >= 11 is 0. The van der Waals surface area contributed by atoms with Gasteiger partial charge in [-0.3, -0.25) is 9.59 Å². The fraction of sp³-hybridized carbons (Fsp3) is 0.419. The Morgan fingerprint density at radius 2 is 1.72 bits per heavy atom. The van der Waals surface area contributed by atoms with E-state index in [-0.39, 0.29) is 49.8 Å². The zero-order chi connectivity index (χ0) is 33.2. The Balaban J connectivity index is 1.31. The van der Waals surface area contributed by atoms with Gasteiger partial charge >= 0.3 is 6.18 Å². The number of fused-ring (bicyclic) bond motifs is 1. The predicted molar refractivity (Wildman–Crippen MR) is 154 cm³/mol. The van der Waals surface area contributed by atoms with Gasteiger partial charge in [-0.1, -0.05) is 36.9 Å². The highest BCUT2D eigenvalue weighted by molar-refractivity contribution is 5.83. The molecule has 246 valence electrons. The van der Waals surface area contributed by atoms with Gasteiger partial charge in [0.25, 0.3) is 0 Å². The number of likely N-dealkylation sites (tertiary alicyclic amines) is 1. The maximum Gasteiger partial charge on any atom is 0.451 e. The first kappa shape index (κ1) is 33.0. The number of nitrogens with one attached hydrogen (secondary N) is 1. The van der Waals surface area contributed by atoms with E-state index in [9.17, 15) is 35.9 Å². The SMILES string of the molecule is C=C(N[C@@H](CC(=O)N1CCn2c(nnc2C(F)(F)F)C1)Cc1cc(F)c(F)cc1F)C1CCCN1C(=O)C(N)Cc1ccccc1. The van der Waals surface area contributed by atoms with Gasteiger partial charge < -0.3 is 25.4 Å². The van der Waals surface area contributed by atoms with Crippen LogP contribution in [0.3, 0.4) is 0 Å². The van der Waals surface area contributed by atoms with E-state index in [4.69, 9.17) is 5.73 Å². The molecule has 1 saturated heterocycles. The minimum Gasteiger partial charge on any atom is -0.384 e. The Bertz CT molecular complexity index is 1600. The Morgan fingerprint density at radius 3 is 2.43 bits per heavy atom. The summed E-state index contributed by atoms with van der Waals surface area (Å²) in [5.41, 5.74) is 7.32. The second-order valence-electron chi connectivity index (χ2n) is 11.5. The fourth-order valence-electron chi connectivity index (χ4n) is 6.00. The van der Waals surface area contributed by atoms with Gasteiger partial charge in [-0.05, 0) is 42.9 Å². The highest BCUT2D eigenvalue weighted by atomic mass is 19.4. The second kappa shape index (κ2) is 13.5. The van der Waals surface area contributed by atoms with E-state index in [1.165, 1.54) is 4.90 Å². The summed E-state index contributed by atoms with van der Waals surface area (Å²) < 4.78 is 83.1. The van der Waals surface area contributed by atoms with Crippen molar-refractivity contribution in [2.24, 2.45) is 5.73 Å². The number of rotatable bonds is 10. The minimum atomic E-state index is -4.71. The summed E-state index contributed by atoms with van der Waals surface area (Å²) in [6.45, 7) is 4.03. The Morgan fingerprint density at radius 1 is 1.00 bits per heavy atom. The van der Waals surface area contributed by atoms with Crippen molar-refractivity contribution < 1.29 is 35.9 Å². The molecule has 1 fully saturated rings. The molecule has 2 aliphatic heterocycles. The molecule has 2 unspecified atom stereocenters. The lowest BCUT2D eigenvalue weighted by atomic mass is 10.00. The maximum absolute atomic E-state index is 14.7. The summed E-state index contributed by atoms with van der Waals surface area (Å²) in [6, 6.07) is 8.20. The summed E-state index contributed by atoms with van der Waals surface area (Å²) in [4.78, 5) is 29.7. The lowest BCUT2D eigenvalue weighted by molar-refractivity contribution is -0.148. The van der Waals surface area contributed by atoms with Crippen LogP contribution in [0.5, 0.6) is 0 Å². The summed E-state index contributed by atoms with van der Waals surface area (Å²) in [5.74, 6) is -5.63. The van der Waals surface area contributed by atoms with Crippen LogP contribution in [0.2, 0.25) is 0 Å². The number of halogens is 6. The zero-order valence-electron chi connectivity index (χ0n) is 24.7. The van der Waals surface area contributed by atoms with Crippen LogP contribution in [-0.4, -0.2) is 67.6 Å². The van der Waals surface area contributed by atoms with E-state index in [0.717, 1.165) is 10.1 Å². The predicted octanol–water partition coefficient (Wildman–Crippen LogP) is 3.72. The summed E-state index contributed by atoms with van der Waals surface area (Å²) in [5, 5.41) is 9.93. The molecule has 3 aromatic rings. The topological polar surface area (TPSA) is 109 Å². The number of benzene rings is 2. The van der Waals surface area contributed by atoms with Crippen LogP contribution in [0.4, 0.5) is 26.3 Å². The van der Waals surface area contributed by atoms with Gasteiger partial charge in [0.05, 0.1) is 18.6 Å². The molecular weight excluding hydrogens is 616 g/mol. The standard InChI is InChI=1S/C31H33F6N7O2/c1-18(26-8-5-9-43(26)29(46)25(38)12-19-6-3-2-4-7-19)39-21(13-20-14-23(33)24(34)16-22(20)32)15-28(45)42-10-11-44-27(17-42)40-41-30(44)31(35,36)37/h2-4,6-7,14,16,21,25-26,39H,1,5,8-13,15,17,38H2/t21-,25?,26?/m1/s1. The van der Waals surface area contributed by atoms with Gasteiger partial charge in [0.2, 0.25) is 17.6 Å². The van der Waals surface area contributed by atoms with Crippen molar-refractivity contribution in [2.45, 2.75) is 69.5 Å². The number of amides is 2. The molecule has 0 bridgehead atoms. The Kier molecular flexibility index (Phi) is 9.70. The highest BCUT2D eigenvalue weighted by Gasteiger charge is 2.40. The van der Waals surface area contributed by atoms with Crippen LogP contribution < -0.4 is 11.1 Å². The van der Waals surface area contributed by atoms with Gasteiger partial charge in [-0.2, -0.15) is 13.2 Å². The van der Waals surface area contributed by atoms with Crippen LogP contribution in [-0.2, 0) is 41.7 Å². The van der Waals surface area contributed by atoms with Crippen molar-refractivity contribution in [3.05, 3.63) is 95.0 Å². The third kappa shape index (κ3) is 7.35. The number of hydrogen-bond acceptors (Lipinski definition) is 6. The van der Waals surface area contributed by atoms with Crippen molar-refractivity contribution in [3.8, 4) is 0 Å². The molecule has 2 amide bonds. The van der Waals surface area contributed by atoms with Crippen molar-refractivity contribution in [1.82, 2.24) is 29.9 Å². The average molecular weight is 650 g/mol. The average Bonchev–Trinajstić information content (AvgIpc) is 3.67. The Hall–Kier alpha value is -4.40. The van der Waals surface area contributed by atoms with Crippen molar-refractivity contribution >= 4 is 11.8 Å². The third-order valence-corrected chi connectivity index (χ3v) is 8.28. The molecule has 0 aliphatic carbocycles. The van der Waals surface area contributed by atoms with Crippen LogP contribution in [0, 0.1) is 17.5 Å². The highest BCUT2D eigenvalue weighted by Crippen LogP contribution is 2.30. The van der Waals surface area contributed by atoms with Gasteiger partial charge in [-0.15, -0.1) is 10.2 Å². The number of carbonyl (C=O) groups is 2. The van der Waals surface area contributed by atoms with Gasteiger partial charge in [0.1, 0.15) is 5.82 Å². The molecule has 2 aromatic carbocycles. The molecule has 3 heterocycles. The first-order valence-electron chi connectivity index (χ1n) is 14.8. The zero-order valence-corrected chi connectivity index (χ0v) is 24.7. The molecule has 0 spiro atoms. The van der Waals surface area contributed by atoms with Crippen LogP contribution >= 0.6 is 0 Å². The van der Waals surface area contributed by atoms with Crippen LogP contribution in [0.15, 0.2) is 54.7 Å². The third-order valence-electron chi connectivity index (χ3n) is 8.28. The van der Waals surface area contributed by atoms with E-state index in [1.54, 1.807) is 4.90 Å². The van der Waals surface area contributed by atoms with E-state index < -0.39 is 53.5 Å². The van der Waals surface area contributed by atoms with Crippen LogP contribution in [0.1, 0.15) is 42.0 Å². The molecule has 46 heavy (non-hydrogen) atoms. The molecule has 5 rings (SSSR count). The molecular formula is C31H33F6N7O2. The molecule has 3 N–H and O–H groups in total. The molecule has 1 aromatic heterocycles. The number of nitrogens with zero attached hydrogens (tertiary/aromatic N) is 5. The summed E-state index contributed by atoms with van der Waals surface area (Å²) in [6.07, 6.45) is -3.74. The van der Waals surface area contributed by atoms with Crippen molar-refractivity contribution in [1.29, 1.82) is 0 Å². The smallest absolute Gasteiger partial charge is 0.384 e. The number of aromatic nitrogens is 3. The van der Waals surface area contributed by atoms with E-state index in [1.807, 2.05) is 30.3 Å². The maximum atomic E-state index is 14.7. The Labute approximate surface area is 261 Å². The van der Waals surface area contributed by atoms with Gasteiger partial charge in [0, 0.05) is 43.9 Å². The van der Waals surface area contributed by atoms with Crippen molar-refractivity contribution in [3.63, 3.8) is 0 Å². The van der Waals surface area contributed by atoms with E-state index in [2.05, 4.69) is 22.1 Å². The summed E-state index contributed by atoms with van der Waals surface area (Å²) in [7, 11) is 0. The molecule has 15 heteroatoms. The molecule has 0 saturated carbocycles. The van der Waals surface area contributed by atoms with Gasteiger partial charge in [0.15, 0.2) is 17.5 Å². The number of carbonyl (C=O) groups excluding carboxylic acids is 2. The second-order valence-corrected chi connectivity index (χ2v) is 11.5. The molecule has 9 nitrogen and oxygen atoms in total.